The van der Waals surface area contributed by atoms with E-state index in [4.69, 9.17) is 10.8 Å². The molecule has 2 heteroatoms. The van der Waals surface area contributed by atoms with Gasteiger partial charge in [0.1, 0.15) is 0 Å². The molecular formula is C11H15NO. The van der Waals surface area contributed by atoms with E-state index < -0.39 is 0 Å². The first-order valence-electron chi connectivity index (χ1n) is 4.40. The van der Waals surface area contributed by atoms with Gasteiger partial charge in [-0.25, -0.2) is 0 Å². The van der Waals surface area contributed by atoms with Crippen molar-refractivity contribution >= 4 is 0 Å². The summed E-state index contributed by atoms with van der Waals surface area (Å²) < 4.78 is 0. The average Bonchev–Trinajstić information content (AvgIpc) is 2.16. The van der Waals surface area contributed by atoms with Crippen LogP contribution in [-0.4, -0.2) is 17.8 Å². The third-order valence-electron chi connectivity index (χ3n) is 1.80. The third-order valence-corrected chi connectivity index (χ3v) is 1.80. The normalized spacial score (nSPS) is 13.4. The highest BCUT2D eigenvalue weighted by molar-refractivity contribution is 5.17. The molecule has 0 amide bonds. The van der Waals surface area contributed by atoms with Crippen LogP contribution in [0.1, 0.15) is 5.56 Å². The first-order valence-corrected chi connectivity index (χ1v) is 4.40. The lowest BCUT2D eigenvalue weighted by Crippen LogP contribution is -2.19. The molecule has 1 rings (SSSR count). The van der Waals surface area contributed by atoms with Crippen molar-refractivity contribution in [2.75, 3.05) is 6.61 Å². The minimum atomic E-state index is -0.00505. The van der Waals surface area contributed by atoms with Gasteiger partial charge < -0.3 is 10.8 Å². The van der Waals surface area contributed by atoms with Gasteiger partial charge in [0, 0.05) is 6.04 Å². The van der Waals surface area contributed by atoms with Gasteiger partial charge in [-0.05, 0) is 12.0 Å². The molecule has 13 heavy (non-hydrogen) atoms. The van der Waals surface area contributed by atoms with Crippen molar-refractivity contribution in [3.8, 4) is 0 Å². The van der Waals surface area contributed by atoms with E-state index in [0.717, 1.165) is 6.42 Å². The molecule has 0 unspecified atom stereocenters. The Morgan fingerprint density at radius 2 is 2.00 bits per heavy atom. The number of aliphatic hydroxyl groups is 1. The average molecular weight is 177 g/mol. The molecule has 0 radical (unpaired) electrons. The molecule has 0 spiro atoms. The Hall–Kier alpha value is -1.12. The molecule has 0 saturated heterocycles. The highest BCUT2D eigenvalue weighted by atomic mass is 16.2. The van der Waals surface area contributed by atoms with Crippen molar-refractivity contribution in [3.63, 3.8) is 0 Å². The van der Waals surface area contributed by atoms with Crippen molar-refractivity contribution < 1.29 is 5.11 Å². The summed E-state index contributed by atoms with van der Waals surface area (Å²) in [5.74, 6) is 0. The Bertz CT molecular complexity index is 256. The highest BCUT2D eigenvalue weighted by Crippen LogP contribution is 2.02. The Balaban J connectivity index is 2.45. The molecule has 70 valence electrons. The molecule has 0 aromatic heterocycles. The van der Waals surface area contributed by atoms with E-state index >= 15 is 0 Å². The van der Waals surface area contributed by atoms with E-state index in [0.29, 0.717) is 0 Å². The van der Waals surface area contributed by atoms with E-state index in [9.17, 15) is 0 Å². The maximum absolute atomic E-state index is 8.54. The van der Waals surface area contributed by atoms with Gasteiger partial charge >= 0.3 is 0 Å². The molecule has 2 nitrogen and oxygen atoms in total. The van der Waals surface area contributed by atoms with Crippen LogP contribution in [0.5, 0.6) is 0 Å². The summed E-state index contributed by atoms with van der Waals surface area (Å²) in [5.41, 5.74) is 7.01. The summed E-state index contributed by atoms with van der Waals surface area (Å²) in [5, 5.41) is 8.54. The monoisotopic (exact) mass is 177 g/mol. The summed E-state index contributed by atoms with van der Waals surface area (Å²) in [6.07, 6.45) is 4.32. The maximum atomic E-state index is 8.54. The van der Waals surface area contributed by atoms with Crippen LogP contribution in [0.2, 0.25) is 0 Å². The Kier molecular flexibility index (Phi) is 4.23. The van der Waals surface area contributed by atoms with Gasteiger partial charge in [-0.15, -0.1) is 0 Å². The molecule has 3 N–H and O–H groups in total. The number of hydrogen-bond acceptors (Lipinski definition) is 2. The second kappa shape index (κ2) is 5.51. The summed E-state index contributed by atoms with van der Waals surface area (Å²) in [4.78, 5) is 0. The molecule has 1 aromatic rings. The highest BCUT2D eigenvalue weighted by Gasteiger charge is 1.97. The van der Waals surface area contributed by atoms with E-state index in [1.165, 1.54) is 5.56 Å². The zero-order chi connectivity index (χ0) is 9.52. The first-order chi connectivity index (χ1) is 6.33. The second-order valence-electron chi connectivity index (χ2n) is 2.96. The van der Waals surface area contributed by atoms with Crippen LogP contribution in [0, 0.1) is 0 Å². The molecule has 1 aromatic carbocycles. The molecule has 0 saturated carbocycles. The van der Waals surface area contributed by atoms with E-state index in [1.807, 2.05) is 36.4 Å². The number of benzene rings is 1. The number of nitrogens with two attached hydrogens (primary N) is 1. The molecule has 0 aliphatic carbocycles. The largest absolute Gasteiger partial charge is 0.392 e. The van der Waals surface area contributed by atoms with Crippen LogP contribution < -0.4 is 5.73 Å². The Morgan fingerprint density at radius 1 is 1.31 bits per heavy atom. The van der Waals surface area contributed by atoms with Crippen molar-refractivity contribution in [2.45, 2.75) is 12.5 Å². The van der Waals surface area contributed by atoms with Gasteiger partial charge in [0.25, 0.3) is 0 Å². The zero-order valence-corrected chi connectivity index (χ0v) is 7.56. The second-order valence-corrected chi connectivity index (χ2v) is 2.96. The van der Waals surface area contributed by atoms with Crippen LogP contribution in [0.4, 0.5) is 0 Å². The van der Waals surface area contributed by atoms with Crippen molar-refractivity contribution in [3.05, 3.63) is 48.0 Å². The smallest absolute Gasteiger partial charge is 0.0612 e. The molecule has 0 aliphatic heterocycles. The van der Waals surface area contributed by atoms with E-state index in [1.54, 1.807) is 6.08 Å². The standard InChI is InChI=1S/C11H15NO/c12-11(7-4-8-13)9-10-5-2-1-3-6-10/h1-7,11,13H,8-9,12H2/b7-4+/t11-/m1/s1. The molecule has 1 atom stereocenters. The first kappa shape index (κ1) is 9.96. The fourth-order valence-electron chi connectivity index (χ4n) is 1.19. The van der Waals surface area contributed by atoms with E-state index in [-0.39, 0.29) is 12.6 Å². The number of aliphatic hydroxyl groups excluding tert-OH is 1. The van der Waals surface area contributed by atoms with Crippen LogP contribution >= 0.6 is 0 Å². The van der Waals surface area contributed by atoms with Crippen molar-refractivity contribution in [2.24, 2.45) is 5.73 Å². The van der Waals surface area contributed by atoms with Crippen LogP contribution in [-0.2, 0) is 6.42 Å². The van der Waals surface area contributed by atoms with Crippen LogP contribution in [0.3, 0.4) is 0 Å². The fraction of sp³-hybridized carbons (Fsp3) is 0.273. The molecule has 0 bridgehead atoms. The minimum absolute atomic E-state index is 0.00505. The Labute approximate surface area is 78.7 Å². The molecule has 0 fully saturated rings. The molecular weight excluding hydrogens is 162 g/mol. The maximum Gasteiger partial charge on any atom is 0.0612 e. The number of rotatable bonds is 4. The topological polar surface area (TPSA) is 46.2 Å². The zero-order valence-electron chi connectivity index (χ0n) is 7.56. The fourth-order valence-corrected chi connectivity index (χ4v) is 1.19. The van der Waals surface area contributed by atoms with Gasteiger partial charge in [-0.3, -0.25) is 0 Å². The van der Waals surface area contributed by atoms with Crippen molar-refractivity contribution in [1.29, 1.82) is 0 Å². The minimum Gasteiger partial charge on any atom is -0.392 e. The molecule has 0 heterocycles. The summed E-state index contributed by atoms with van der Waals surface area (Å²) >= 11 is 0. The summed E-state index contributed by atoms with van der Waals surface area (Å²) in [6, 6.07) is 10.1. The summed E-state index contributed by atoms with van der Waals surface area (Å²) in [6.45, 7) is 0.0580. The summed E-state index contributed by atoms with van der Waals surface area (Å²) in [7, 11) is 0. The van der Waals surface area contributed by atoms with Gasteiger partial charge in [0.2, 0.25) is 0 Å². The van der Waals surface area contributed by atoms with Gasteiger partial charge in [-0.1, -0.05) is 42.5 Å². The van der Waals surface area contributed by atoms with Gasteiger partial charge in [-0.2, -0.15) is 0 Å². The lowest BCUT2D eigenvalue weighted by atomic mass is 10.1. The van der Waals surface area contributed by atoms with Gasteiger partial charge in [0.15, 0.2) is 0 Å². The lowest BCUT2D eigenvalue weighted by molar-refractivity contribution is 0.342. The predicted octanol–water partition coefficient (Wildman–Crippen LogP) is 1.10. The third kappa shape index (κ3) is 3.87. The SMILES string of the molecule is N[C@H](/C=C/CO)Cc1ccccc1. The van der Waals surface area contributed by atoms with Gasteiger partial charge in [0.05, 0.1) is 6.61 Å². The Morgan fingerprint density at radius 3 is 2.62 bits per heavy atom. The quantitative estimate of drug-likeness (QED) is 0.677. The predicted molar refractivity (Wildman–Crippen MR) is 54.3 cm³/mol. The number of hydrogen-bond donors (Lipinski definition) is 2. The van der Waals surface area contributed by atoms with Crippen molar-refractivity contribution in [1.82, 2.24) is 0 Å². The van der Waals surface area contributed by atoms with Crippen LogP contribution in [0.25, 0.3) is 0 Å². The lowest BCUT2D eigenvalue weighted by Gasteiger charge is -2.05. The molecule has 0 aliphatic rings. The van der Waals surface area contributed by atoms with Crippen LogP contribution in [0.15, 0.2) is 42.5 Å². The van der Waals surface area contributed by atoms with E-state index in [2.05, 4.69) is 0 Å².